The molecule has 1 N–H and O–H groups in total. The van der Waals surface area contributed by atoms with Crippen LogP contribution in [0.25, 0.3) is 0 Å². The molecule has 2 heterocycles. The van der Waals surface area contributed by atoms with E-state index in [9.17, 15) is 35.2 Å². The Balaban J connectivity index is 1.94. The van der Waals surface area contributed by atoms with Crippen LogP contribution in [0, 0.1) is 41.9 Å². The van der Waals surface area contributed by atoms with E-state index in [1.54, 1.807) is 18.7 Å². The number of halogens is 5. The van der Waals surface area contributed by atoms with Gasteiger partial charge in [-0.15, -0.1) is 0 Å². The van der Waals surface area contributed by atoms with E-state index >= 15 is 0 Å². The van der Waals surface area contributed by atoms with E-state index in [0.29, 0.717) is 11.3 Å². The molecule has 0 bridgehead atoms. The third kappa shape index (κ3) is 4.46. The number of amides is 1. The van der Waals surface area contributed by atoms with Crippen LogP contribution in [0.3, 0.4) is 0 Å². The number of nitrogens with one attached hydrogen (secondary N) is 1. The fourth-order valence-corrected chi connectivity index (χ4v) is 5.07. The maximum atomic E-state index is 14.0. The lowest BCUT2D eigenvalue weighted by molar-refractivity contribution is -0.129. The standard InChI is InChI=1S/C19H21F5N4O4S/c1-9-11(8-25-27(9)2)18-10(6-12(29)28(18)4-5-32-3)7-26-33(30,31)19-16(23)14(21)13(20)15(22)17(19)24/h8,10,18,26H,4-7H2,1-3H3/t10-,18+/m1/s1. The normalized spacial score (nSPS) is 19.0. The van der Waals surface area contributed by atoms with Crippen molar-refractivity contribution in [2.45, 2.75) is 24.3 Å². The highest BCUT2D eigenvalue weighted by atomic mass is 32.2. The van der Waals surface area contributed by atoms with Crippen LogP contribution in [0.5, 0.6) is 0 Å². The quantitative estimate of drug-likeness (QED) is 0.343. The van der Waals surface area contributed by atoms with Crippen LogP contribution >= 0.6 is 0 Å². The second-order valence-corrected chi connectivity index (χ2v) is 9.25. The average Bonchev–Trinajstić information content (AvgIpc) is 3.25. The van der Waals surface area contributed by atoms with Gasteiger partial charge in [-0.25, -0.2) is 35.1 Å². The first-order valence-corrected chi connectivity index (χ1v) is 11.2. The van der Waals surface area contributed by atoms with Crippen molar-refractivity contribution < 1.29 is 39.9 Å². The minimum absolute atomic E-state index is 0.123. The van der Waals surface area contributed by atoms with Gasteiger partial charge in [-0.05, 0) is 6.92 Å². The number of methoxy groups -OCH3 is 1. The summed E-state index contributed by atoms with van der Waals surface area (Å²) in [5.41, 5.74) is 1.32. The Morgan fingerprint density at radius 2 is 1.70 bits per heavy atom. The summed E-state index contributed by atoms with van der Waals surface area (Å²) in [5.74, 6) is -13.2. The van der Waals surface area contributed by atoms with Gasteiger partial charge in [0.1, 0.15) is 0 Å². The summed E-state index contributed by atoms with van der Waals surface area (Å²) < 4.78 is 102. The van der Waals surface area contributed by atoms with Crippen LogP contribution in [-0.4, -0.2) is 55.8 Å². The molecule has 14 heteroatoms. The third-order valence-corrected chi connectivity index (χ3v) is 7.08. The van der Waals surface area contributed by atoms with E-state index in [4.69, 9.17) is 4.74 Å². The Bertz CT molecular complexity index is 1160. The Hall–Kier alpha value is -2.58. The smallest absolute Gasteiger partial charge is 0.246 e. The summed E-state index contributed by atoms with van der Waals surface area (Å²) in [7, 11) is -2.03. The highest BCUT2D eigenvalue weighted by Crippen LogP contribution is 2.39. The molecule has 0 unspecified atom stereocenters. The molecule has 1 aromatic carbocycles. The molecule has 0 saturated carbocycles. The number of hydrogen-bond donors (Lipinski definition) is 1. The number of aromatic nitrogens is 2. The van der Waals surface area contributed by atoms with Gasteiger partial charge < -0.3 is 9.64 Å². The topological polar surface area (TPSA) is 93.5 Å². The molecule has 33 heavy (non-hydrogen) atoms. The second-order valence-electron chi connectivity index (χ2n) is 7.55. The highest BCUT2D eigenvalue weighted by molar-refractivity contribution is 7.89. The maximum Gasteiger partial charge on any atom is 0.246 e. The number of ether oxygens (including phenoxy) is 1. The summed E-state index contributed by atoms with van der Waals surface area (Å²) in [6.45, 7) is 1.63. The maximum absolute atomic E-state index is 14.0. The van der Waals surface area contributed by atoms with Crippen molar-refractivity contribution in [1.29, 1.82) is 0 Å². The summed E-state index contributed by atoms with van der Waals surface area (Å²) in [4.78, 5) is 12.1. The van der Waals surface area contributed by atoms with E-state index in [0.717, 1.165) is 0 Å². The summed E-state index contributed by atoms with van der Waals surface area (Å²) in [6.07, 6.45) is 1.40. The number of likely N-dealkylation sites (tertiary alicyclic amines) is 1. The molecule has 1 aliphatic heterocycles. The van der Waals surface area contributed by atoms with Gasteiger partial charge in [0.05, 0.1) is 18.8 Å². The Kier molecular flexibility index (Phi) is 7.10. The number of sulfonamides is 1. The largest absolute Gasteiger partial charge is 0.383 e. The van der Waals surface area contributed by atoms with Crippen LogP contribution < -0.4 is 4.72 Å². The lowest BCUT2D eigenvalue weighted by Crippen LogP contribution is -2.36. The minimum atomic E-state index is -5.16. The molecule has 8 nitrogen and oxygen atoms in total. The molecule has 0 aliphatic carbocycles. The first-order valence-electron chi connectivity index (χ1n) is 9.70. The second kappa shape index (κ2) is 9.35. The number of aryl methyl sites for hydroxylation is 1. The number of benzene rings is 1. The molecule has 1 aliphatic rings. The fraction of sp³-hybridized carbons (Fsp3) is 0.474. The predicted octanol–water partition coefficient (Wildman–Crippen LogP) is 1.94. The summed E-state index contributed by atoms with van der Waals surface area (Å²) >= 11 is 0. The van der Waals surface area contributed by atoms with Crippen LogP contribution in [0.2, 0.25) is 0 Å². The van der Waals surface area contributed by atoms with Crippen molar-refractivity contribution in [3.8, 4) is 0 Å². The van der Waals surface area contributed by atoms with E-state index in [-0.39, 0.29) is 25.5 Å². The number of hydrogen-bond acceptors (Lipinski definition) is 5. The van der Waals surface area contributed by atoms with Gasteiger partial charge in [0.2, 0.25) is 21.7 Å². The molecule has 1 amide bonds. The van der Waals surface area contributed by atoms with Crippen LogP contribution in [0.1, 0.15) is 23.7 Å². The lowest BCUT2D eigenvalue weighted by atomic mass is 9.94. The molecule has 1 saturated heterocycles. The highest BCUT2D eigenvalue weighted by Gasteiger charge is 2.43. The monoisotopic (exact) mass is 496 g/mol. The molecule has 0 radical (unpaired) electrons. The number of nitrogens with zero attached hydrogens (tertiary/aromatic N) is 3. The average molecular weight is 496 g/mol. The van der Waals surface area contributed by atoms with Gasteiger partial charge in [0.15, 0.2) is 28.2 Å². The fourth-order valence-electron chi connectivity index (χ4n) is 3.84. The first-order chi connectivity index (χ1) is 15.4. The third-order valence-electron chi connectivity index (χ3n) is 5.64. The molecule has 3 rings (SSSR count). The van der Waals surface area contributed by atoms with Crippen molar-refractivity contribution in [2.75, 3.05) is 26.8 Å². The summed E-state index contributed by atoms with van der Waals surface area (Å²) in [6, 6.07) is -0.652. The number of carbonyl (C=O) groups is 1. The van der Waals surface area contributed by atoms with Gasteiger partial charge in [0, 0.05) is 50.8 Å². The van der Waals surface area contributed by atoms with Crippen LogP contribution in [0.15, 0.2) is 11.1 Å². The molecular weight excluding hydrogens is 475 g/mol. The van der Waals surface area contributed by atoms with E-state index in [1.165, 1.54) is 18.2 Å². The Morgan fingerprint density at radius 3 is 2.21 bits per heavy atom. The number of rotatable bonds is 8. The first kappa shape index (κ1) is 25.1. The zero-order valence-corrected chi connectivity index (χ0v) is 18.6. The van der Waals surface area contributed by atoms with E-state index in [1.807, 2.05) is 4.72 Å². The predicted molar refractivity (Wildman–Crippen MR) is 104 cm³/mol. The SMILES string of the molecule is COCCN1C(=O)C[C@H](CNS(=O)(=O)c2c(F)c(F)c(F)c(F)c2F)[C@H]1c1cnn(C)c1C. The van der Waals surface area contributed by atoms with Gasteiger partial charge in [0.25, 0.3) is 0 Å². The van der Waals surface area contributed by atoms with Crippen molar-refractivity contribution in [1.82, 2.24) is 19.4 Å². The number of carbonyl (C=O) groups excluding carboxylic acids is 1. The Morgan fingerprint density at radius 1 is 1.12 bits per heavy atom. The Labute approximate surface area is 186 Å². The van der Waals surface area contributed by atoms with Crippen LogP contribution in [-0.2, 0) is 26.6 Å². The summed E-state index contributed by atoms with van der Waals surface area (Å²) in [5, 5.41) is 4.13. The molecule has 2 atom stereocenters. The van der Waals surface area contributed by atoms with Crippen molar-refractivity contribution in [3.63, 3.8) is 0 Å². The molecular formula is C19H21F5N4O4S. The zero-order valence-electron chi connectivity index (χ0n) is 17.8. The molecule has 182 valence electrons. The molecule has 1 aromatic heterocycles. The van der Waals surface area contributed by atoms with Crippen molar-refractivity contribution >= 4 is 15.9 Å². The van der Waals surface area contributed by atoms with Crippen molar-refractivity contribution in [3.05, 3.63) is 46.5 Å². The van der Waals surface area contributed by atoms with Gasteiger partial charge in [-0.2, -0.15) is 5.10 Å². The van der Waals surface area contributed by atoms with Gasteiger partial charge in [-0.1, -0.05) is 0 Å². The van der Waals surface area contributed by atoms with Crippen molar-refractivity contribution in [2.24, 2.45) is 13.0 Å². The van der Waals surface area contributed by atoms with Gasteiger partial charge >= 0.3 is 0 Å². The molecule has 2 aromatic rings. The van der Waals surface area contributed by atoms with Gasteiger partial charge in [-0.3, -0.25) is 9.48 Å². The lowest BCUT2D eigenvalue weighted by Gasteiger charge is -2.28. The minimum Gasteiger partial charge on any atom is -0.383 e. The van der Waals surface area contributed by atoms with E-state index in [2.05, 4.69) is 5.10 Å². The molecule has 0 spiro atoms. The van der Waals surface area contributed by atoms with Crippen LogP contribution in [0.4, 0.5) is 22.0 Å². The van der Waals surface area contributed by atoms with E-state index < -0.39 is 62.5 Å². The molecule has 1 fully saturated rings. The zero-order chi connectivity index (χ0) is 24.7.